The number of nitrogens with one attached hydrogen (secondary N) is 1. The number of anilines is 1. The van der Waals surface area contributed by atoms with Crippen molar-refractivity contribution in [3.05, 3.63) is 57.7 Å². The van der Waals surface area contributed by atoms with E-state index in [1.54, 1.807) is 29.2 Å². The molecule has 0 saturated carbocycles. The number of aryl methyl sites for hydroxylation is 1. The molecule has 0 unspecified atom stereocenters. The molecule has 1 aliphatic heterocycles. The number of ether oxygens (including phenoxy) is 1. The molecule has 166 valence electrons. The molecule has 0 spiro atoms. The van der Waals surface area contributed by atoms with Crippen LogP contribution in [0.5, 0.6) is 0 Å². The molecule has 32 heavy (non-hydrogen) atoms. The van der Waals surface area contributed by atoms with E-state index in [4.69, 9.17) is 10.00 Å². The number of aromatic nitrogens is 1. The fourth-order valence-electron chi connectivity index (χ4n) is 3.47. The first-order chi connectivity index (χ1) is 15.4. The number of hydrogen-bond donors (Lipinski definition) is 1. The number of fused-ring (bicyclic) bond motifs is 1. The molecule has 0 atom stereocenters. The maximum atomic E-state index is 12.8. The number of nitriles is 1. The van der Waals surface area contributed by atoms with Crippen molar-refractivity contribution in [1.29, 1.82) is 5.26 Å². The van der Waals surface area contributed by atoms with Crippen molar-refractivity contribution < 1.29 is 17.9 Å². The van der Waals surface area contributed by atoms with Crippen LogP contribution in [-0.4, -0.2) is 50.1 Å². The highest BCUT2D eigenvalue weighted by Gasteiger charge is 2.20. The molecule has 9 nitrogen and oxygen atoms in total. The smallest absolute Gasteiger partial charge is 0.308 e. The van der Waals surface area contributed by atoms with Gasteiger partial charge in [-0.3, -0.25) is 18.9 Å². The van der Waals surface area contributed by atoms with Gasteiger partial charge >= 0.3 is 4.87 Å². The third-order valence-corrected chi connectivity index (χ3v) is 7.43. The van der Waals surface area contributed by atoms with E-state index >= 15 is 0 Å². The van der Waals surface area contributed by atoms with E-state index in [0.29, 0.717) is 42.1 Å². The van der Waals surface area contributed by atoms with Crippen molar-refractivity contribution in [2.45, 2.75) is 17.9 Å². The monoisotopic (exact) mass is 472 g/mol. The van der Waals surface area contributed by atoms with Crippen LogP contribution in [0, 0.1) is 11.3 Å². The first-order valence-corrected chi connectivity index (χ1v) is 12.2. The van der Waals surface area contributed by atoms with Crippen LogP contribution < -0.4 is 9.60 Å². The van der Waals surface area contributed by atoms with Crippen LogP contribution in [0.1, 0.15) is 12.0 Å². The van der Waals surface area contributed by atoms with Crippen molar-refractivity contribution in [2.75, 3.05) is 31.0 Å². The molecular formula is C21H20N4O5S2. The van der Waals surface area contributed by atoms with Crippen molar-refractivity contribution >= 4 is 43.2 Å². The molecule has 1 aliphatic rings. The van der Waals surface area contributed by atoms with Gasteiger partial charge < -0.3 is 9.64 Å². The van der Waals surface area contributed by atoms with Gasteiger partial charge in [0.25, 0.3) is 10.0 Å². The topological polar surface area (TPSA) is 122 Å². The largest absolute Gasteiger partial charge is 0.378 e. The minimum Gasteiger partial charge on any atom is -0.378 e. The summed E-state index contributed by atoms with van der Waals surface area (Å²) in [6.45, 7) is 2.34. The maximum absolute atomic E-state index is 12.8. The summed E-state index contributed by atoms with van der Waals surface area (Å²) in [6, 6.07) is 12.6. The molecule has 1 saturated heterocycles. The number of carbonyl (C=O) groups is 1. The Kier molecular flexibility index (Phi) is 6.27. The normalized spacial score (nSPS) is 14.3. The van der Waals surface area contributed by atoms with Gasteiger partial charge in [-0.15, -0.1) is 0 Å². The number of nitrogens with zero attached hydrogens (tertiary/aromatic N) is 3. The maximum Gasteiger partial charge on any atom is 0.308 e. The fraction of sp³-hybridized carbons (Fsp3) is 0.286. The molecule has 1 fully saturated rings. The molecule has 11 heteroatoms. The summed E-state index contributed by atoms with van der Waals surface area (Å²) < 4.78 is 35.3. The summed E-state index contributed by atoms with van der Waals surface area (Å²) in [6.07, 6.45) is 0.183. The number of sulfonamides is 1. The van der Waals surface area contributed by atoms with Crippen LogP contribution in [0.15, 0.2) is 52.2 Å². The van der Waals surface area contributed by atoms with Gasteiger partial charge in [0.2, 0.25) is 5.91 Å². The van der Waals surface area contributed by atoms with Gasteiger partial charge in [0.1, 0.15) is 0 Å². The zero-order chi connectivity index (χ0) is 22.7. The Labute approximate surface area is 188 Å². The second-order valence-electron chi connectivity index (χ2n) is 7.19. The van der Waals surface area contributed by atoms with E-state index in [1.165, 1.54) is 22.8 Å². The summed E-state index contributed by atoms with van der Waals surface area (Å²) in [4.78, 5) is 26.4. The average molecular weight is 473 g/mol. The molecule has 0 bridgehead atoms. The van der Waals surface area contributed by atoms with Crippen molar-refractivity contribution in [3.8, 4) is 6.07 Å². The highest BCUT2D eigenvalue weighted by Crippen LogP contribution is 2.24. The molecule has 0 aliphatic carbocycles. The summed E-state index contributed by atoms with van der Waals surface area (Å²) in [7, 11) is -3.91. The Balaban J connectivity index is 1.54. The van der Waals surface area contributed by atoms with Crippen molar-refractivity contribution in [2.24, 2.45) is 0 Å². The molecule has 0 radical (unpaired) electrons. The molecule has 3 aromatic rings. The van der Waals surface area contributed by atoms with Gasteiger partial charge in [-0.1, -0.05) is 17.4 Å². The number of morpholine rings is 1. The lowest BCUT2D eigenvalue weighted by Gasteiger charge is -2.26. The van der Waals surface area contributed by atoms with Gasteiger partial charge in [-0.05, 0) is 36.4 Å². The lowest BCUT2D eigenvalue weighted by molar-refractivity contribution is -0.135. The van der Waals surface area contributed by atoms with Crippen LogP contribution in [0.4, 0.5) is 5.69 Å². The van der Waals surface area contributed by atoms with E-state index in [2.05, 4.69) is 4.72 Å². The summed E-state index contributed by atoms with van der Waals surface area (Å²) in [5.41, 5.74) is 1.19. The van der Waals surface area contributed by atoms with Crippen LogP contribution in [0.25, 0.3) is 10.2 Å². The number of rotatable bonds is 6. The van der Waals surface area contributed by atoms with E-state index in [1.807, 2.05) is 6.07 Å². The zero-order valence-electron chi connectivity index (χ0n) is 17.0. The lowest BCUT2D eigenvalue weighted by atomic mass is 10.2. The number of amides is 1. The summed E-state index contributed by atoms with van der Waals surface area (Å²) >= 11 is 0.936. The van der Waals surface area contributed by atoms with Crippen LogP contribution in [-0.2, 0) is 26.1 Å². The molecular weight excluding hydrogens is 452 g/mol. The Morgan fingerprint density at radius 3 is 2.72 bits per heavy atom. The Hall–Kier alpha value is -3.20. The SMILES string of the molecule is N#Cc1cccc(NS(=O)(=O)c2ccc3c(c2)sc(=O)n3CCC(=O)N2CCOCC2)c1. The fourth-order valence-corrected chi connectivity index (χ4v) is 5.58. The Morgan fingerprint density at radius 2 is 1.97 bits per heavy atom. The molecule has 2 aromatic carbocycles. The highest BCUT2D eigenvalue weighted by molar-refractivity contribution is 7.92. The van der Waals surface area contributed by atoms with E-state index in [9.17, 15) is 18.0 Å². The predicted octanol–water partition coefficient (Wildman–Crippen LogP) is 1.98. The second kappa shape index (κ2) is 9.12. The predicted molar refractivity (Wildman–Crippen MR) is 120 cm³/mol. The van der Waals surface area contributed by atoms with Gasteiger partial charge in [-0.25, -0.2) is 8.42 Å². The summed E-state index contributed by atoms with van der Waals surface area (Å²) in [5, 5.41) is 8.99. The van der Waals surface area contributed by atoms with E-state index in [-0.39, 0.29) is 34.3 Å². The van der Waals surface area contributed by atoms with Gasteiger partial charge in [-0.2, -0.15) is 5.26 Å². The number of carbonyl (C=O) groups excluding carboxylic acids is 1. The van der Waals surface area contributed by atoms with Gasteiger partial charge in [0.15, 0.2) is 0 Å². The molecule has 1 N–H and O–H groups in total. The minimum atomic E-state index is -3.91. The van der Waals surface area contributed by atoms with E-state index in [0.717, 1.165) is 11.3 Å². The minimum absolute atomic E-state index is 0.00477. The van der Waals surface area contributed by atoms with Crippen LogP contribution in [0.2, 0.25) is 0 Å². The van der Waals surface area contributed by atoms with Crippen molar-refractivity contribution in [1.82, 2.24) is 9.47 Å². The lowest BCUT2D eigenvalue weighted by Crippen LogP contribution is -2.41. The molecule has 1 amide bonds. The first kappa shape index (κ1) is 22.0. The van der Waals surface area contributed by atoms with Crippen LogP contribution >= 0.6 is 11.3 Å². The number of benzene rings is 2. The third-order valence-electron chi connectivity index (χ3n) is 5.11. The second-order valence-corrected chi connectivity index (χ2v) is 9.87. The Morgan fingerprint density at radius 1 is 1.19 bits per heavy atom. The average Bonchev–Trinajstić information content (AvgIpc) is 3.12. The van der Waals surface area contributed by atoms with E-state index < -0.39 is 10.0 Å². The highest BCUT2D eigenvalue weighted by atomic mass is 32.2. The summed E-state index contributed by atoms with van der Waals surface area (Å²) in [5.74, 6) is -0.0393. The van der Waals surface area contributed by atoms with Gasteiger partial charge in [0, 0.05) is 26.1 Å². The molecule has 4 rings (SSSR count). The Bertz CT molecular complexity index is 1360. The zero-order valence-corrected chi connectivity index (χ0v) is 18.6. The number of thiazole rings is 1. The third kappa shape index (κ3) is 4.67. The van der Waals surface area contributed by atoms with Crippen LogP contribution in [0.3, 0.4) is 0 Å². The van der Waals surface area contributed by atoms with Gasteiger partial charge in [0.05, 0.1) is 45.6 Å². The molecule has 2 heterocycles. The first-order valence-electron chi connectivity index (χ1n) is 9.89. The standard InChI is InChI=1S/C21H20N4O5S2/c22-14-15-2-1-3-16(12-15)23-32(28,29)17-4-5-18-19(13-17)31-21(27)25(18)7-6-20(26)24-8-10-30-11-9-24/h1-5,12-13,23H,6-11H2. The number of hydrogen-bond acceptors (Lipinski definition) is 7. The molecule has 1 aromatic heterocycles. The quantitative estimate of drug-likeness (QED) is 0.586. The van der Waals surface area contributed by atoms with Crippen molar-refractivity contribution in [3.63, 3.8) is 0 Å².